The molecule has 2 N–H and O–H groups in total. The van der Waals surface area contributed by atoms with Gasteiger partial charge in [-0.25, -0.2) is 4.98 Å². The summed E-state index contributed by atoms with van der Waals surface area (Å²) >= 11 is 0. The van der Waals surface area contributed by atoms with E-state index in [0.29, 0.717) is 12.6 Å². The lowest BCUT2D eigenvalue weighted by atomic mass is 9.93. The molecule has 2 aromatic rings. The van der Waals surface area contributed by atoms with Crippen LogP contribution in [0.1, 0.15) is 36.9 Å². The predicted octanol–water partition coefficient (Wildman–Crippen LogP) is 1.84. The minimum Gasteiger partial charge on any atom is -0.355 e. The summed E-state index contributed by atoms with van der Waals surface area (Å²) in [7, 11) is 0. The number of hydrogen-bond donors (Lipinski definition) is 2. The van der Waals surface area contributed by atoms with Gasteiger partial charge in [-0.3, -0.25) is 19.6 Å². The summed E-state index contributed by atoms with van der Waals surface area (Å²) in [6.07, 6.45) is 12.6. The average Bonchev–Trinajstić information content (AvgIpc) is 3.29. The van der Waals surface area contributed by atoms with Crippen LogP contribution < -0.4 is 5.32 Å². The van der Waals surface area contributed by atoms with Crippen molar-refractivity contribution in [1.82, 2.24) is 30.1 Å². The van der Waals surface area contributed by atoms with Crippen LogP contribution in [0.2, 0.25) is 0 Å². The number of rotatable bonds is 7. The van der Waals surface area contributed by atoms with Gasteiger partial charge >= 0.3 is 0 Å². The van der Waals surface area contributed by atoms with Crippen molar-refractivity contribution < 1.29 is 4.79 Å². The minimum absolute atomic E-state index is 0.124. The topological polar surface area (TPSA) is 77.2 Å². The fraction of sp³-hybridized carbons (Fsp3) is 0.591. The zero-order valence-electron chi connectivity index (χ0n) is 17.1. The van der Waals surface area contributed by atoms with Crippen LogP contribution in [0, 0.1) is 5.92 Å². The van der Waals surface area contributed by atoms with Gasteiger partial charge in [-0.2, -0.15) is 0 Å². The molecule has 2 aliphatic heterocycles. The number of carbonyl (C=O) groups excluding carboxylic acids is 1. The molecule has 2 fully saturated rings. The second-order valence-corrected chi connectivity index (χ2v) is 8.32. The number of nitrogens with zero attached hydrogens (tertiary/aromatic N) is 4. The van der Waals surface area contributed by atoms with Gasteiger partial charge in [0.2, 0.25) is 5.91 Å². The van der Waals surface area contributed by atoms with Crippen molar-refractivity contribution in [3.63, 3.8) is 0 Å². The van der Waals surface area contributed by atoms with Gasteiger partial charge in [0, 0.05) is 56.4 Å². The molecule has 1 amide bonds. The van der Waals surface area contributed by atoms with Crippen molar-refractivity contribution >= 4 is 5.91 Å². The second kappa shape index (κ2) is 9.98. The molecule has 2 saturated heterocycles. The summed E-state index contributed by atoms with van der Waals surface area (Å²) in [5, 5.41) is 3.12. The molecule has 7 nitrogen and oxygen atoms in total. The molecule has 0 radical (unpaired) electrons. The van der Waals surface area contributed by atoms with E-state index in [1.54, 1.807) is 6.33 Å². The van der Waals surface area contributed by atoms with E-state index in [2.05, 4.69) is 36.1 Å². The molecule has 4 heterocycles. The Morgan fingerprint density at radius 3 is 2.83 bits per heavy atom. The number of piperidine rings is 2. The van der Waals surface area contributed by atoms with Crippen molar-refractivity contribution in [3.8, 4) is 0 Å². The van der Waals surface area contributed by atoms with Crippen LogP contribution in [-0.2, 0) is 17.8 Å². The fourth-order valence-electron chi connectivity index (χ4n) is 4.63. The molecule has 0 saturated carbocycles. The molecule has 0 spiro atoms. The molecule has 0 aromatic carbocycles. The zero-order valence-corrected chi connectivity index (χ0v) is 17.1. The molecule has 0 aliphatic carbocycles. The third-order valence-electron chi connectivity index (χ3n) is 6.27. The van der Waals surface area contributed by atoms with Crippen molar-refractivity contribution in [1.29, 1.82) is 0 Å². The molecular formula is C22H32N6O. The number of hydrogen-bond acceptors (Lipinski definition) is 5. The van der Waals surface area contributed by atoms with Crippen molar-refractivity contribution in [2.24, 2.45) is 5.92 Å². The van der Waals surface area contributed by atoms with Gasteiger partial charge in [0.05, 0.1) is 12.2 Å². The van der Waals surface area contributed by atoms with E-state index in [1.165, 1.54) is 18.4 Å². The van der Waals surface area contributed by atoms with Gasteiger partial charge in [-0.05, 0) is 56.9 Å². The highest BCUT2D eigenvalue weighted by atomic mass is 16.1. The standard InChI is InChI=1S/C22H32N6O/c29-22(25-9-5-20-14-24-17-26-20)19-4-2-10-28(16-19)21-6-11-27(12-7-21)15-18-3-1-8-23-13-18/h1,3,8,13-14,17,19,21H,2,4-7,9-12,15-16H2,(H,24,26)(H,25,29). The smallest absolute Gasteiger partial charge is 0.224 e. The molecule has 0 bridgehead atoms. The number of H-pyrrole nitrogens is 1. The van der Waals surface area contributed by atoms with Crippen molar-refractivity contribution in [3.05, 3.63) is 48.3 Å². The number of imidazole rings is 1. The van der Waals surface area contributed by atoms with E-state index in [1.807, 2.05) is 24.7 Å². The molecule has 4 rings (SSSR count). The highest BCUT2D eigenvalue weighted by Crippen LogP contribution is 2.24. The Hall–Kier alpha value is -2.25. The number of amides is 1. The molecule has 1 unspecified atom stereocenters. The van der Waals surface area contributed by atoms with E-state index in [-0.39, 0.29) is 11.8 Å². The molecule has 1 atom stereocenters. The lowest BCUT2D eigenvalue weighted by molar-refractivity contribution is -0.127. The summed E-state index contributed by atoms with van der Waals surface area (Å²) in [6.45, 7) is 5.94. The van der Waals surface area contributed by atoms with Gasteiger partial charge in [0.25, 0.3) is 0 Å². The summed E-state index contributed by atoms with van der Waals surface area (Å²) < 4.78 is 0. The van der Waals surface area contributed by atoms with Gasteiger partial charge in [-0.15, -0.1) is 0 Å². The quantitative estimate of drug-likeness (QED) is 0.747. The Morgan fingerprint density at radius 1 is 1.17 bits per heavy atom. The molecular weight excluding hydrogens is 364 g/mol. The first-order valence-electron chi connectivity index (χ1n) is 10.9. The lowest BCUT2D eigenvalue weighted by Crippen LogP contribution is -2.50. The summed E-state index contributed by atoms with van der Waals surface area (Å²) in [5.74, 6) is 0.335. The third-order valence-corrected chi connectivity index (χ3v) is 6.27. The maximum atomic E-state index is 12.6. The van der Waals surface area contributed by atoms with Crippen LogP contribution in [0.15, 0.2) is 37.1 Å². The van der Waals surface area contributed by atoms with E-state index < -0.39 is 0 Å². The SMILES string of the molecule is O=C(NCCc1cnc[nH]1)C1CCCN(C2CCN(Cc3cccnc3)CC2)C1. The Labute approximate surface area is 172 Å². The summed E-state index contributed by atoms with van der Waals surface area (Å²) in [4.78, 5) is 29.1. The van der Waals surface area contributed by atoms with Gasteiger partial charge < -0.3 is 10.3 Å². The first-order chi connectivity index (χ1) is 14.3. The van der Waals surface area contributed by atoms with Crippen molar-refractivity contribution in [2.75, 3.05) is 32.7 Å². The number of carbonyl (C=O) groups is 1. The number of aromatic amines is 1. The summed E-state index contributed by atoms with van der Waals surface area (Å²) in [6, 6.07) is 4.77. The zero-order chi connectivity index (χ0) is 19.9. The van der Waals surface area contributed by atoms with E-state index in [4.69, 9.17) is 0 Å². The van der Waals surface area contributed by atoms with Crippen LogP contribution >= 0.6 is 0 Å². The molecule has 7 heteroatoms. The van der Waals surface area contributed by atoms with Gasteiger partial charge in [0.15, 0.2) is 0 Å². The molecule has 2 aromatic heterocycles. The number of pyridine rings is 1. The molecule has 29 heavy (non-hydrogen) atoms. The van der Waals surface area contributed by atoms with E-state index >= 15 is 0 Å². The second-order valence-electron chi connectivity index (χ2n) is 8.32. The lowest BCUT2D eigenvalue weighted by Gasteiger charge is -2.42. The molecule has 2 aliphatic rings. The monoisotopic (exact) mass is 396 g/mol. The highest BCUT2D eigenvalue weighted by Gasteiger charge is 2.31. The Kier molecular flexibility index (Phi) is 6.90. The first-order valence-corrected chi connectivity index (χ1v) is 10.9. The average molecular weight is 397 g/mol. The van der Waals surface area contributed by atoms with Crippen LogP contribution in [0.5, 0.6) is 0 Å². The van der Waals surface area contributed by atoms with Crippen LogP contribution in [-0.4, -0.2) is 69.4 Å². The van der Waals surface area contributed by atoms with Crippen molar-refractivity contribution in [2.45, 2.75) is 44.7 Å². The third kappa shape index (κ3) is 5.64. The molecule has 156 valence electrons. The highest BCUT2D eigenvalue weighted by molar-refractivity contribution is 5.78. The number of aromatic nitrogens is 3. The van der Waals surface area contributed by atoms with E-state index in [9.17, 15) is 4.79 Å². The van der Waals surface area contributed by atoms with Crippen LogP contribution in [0.3, 0.4) is 0 Å². The van der Waals surface area contributed by atoms with Crippen LogP contribution in [0.4, 0.5) is 0 Å². The predicted molar refractivity (Wildman–Crippen MR) is 112 cm³/mol. The fourth-order valence-corrected chi connectivity index (χ4v) is 4.63. The largest absolute Gasteiger partial charge is 0.355 e. The maximum Gasteiger partial charge on any atom is 0.224 e. The Balaban J connectivity index is 1.20. The van der Waals surface area contributed by atoms with Gasteiger partial charge in [-0.1, -0.05) is 6.07 Å². The Bertz CT molecular complexity index is 742. The van der Waals surface area contributed by atoms with E-state index in [0.717, 1.165) is 57.7 Å². The Morgan fingerprint density at radius 2 is 2.07 bits per heavy atom. The number of likely N-dealkylation sites (tertiary alicyclic amines) is 2. The summed E-state index contributed by atoms with van der Waals surface area (Å²) in [5.41, 5.74) is 2.35. The first kappa shape index (κ1) is 20.0. The normalized spacial score (nSPS) is 21.9. The van der Waals surface area contributed by atoms with Gasteiger partial charge in [0.1, 0.15) is 0 Å². The van der Waals surface area contributed by atoms with Crippen LogP contribution in [0.25, 0.3) is 0 Å². The maximum absolute atomic E-state index is 12.6. The number of nitrogens with one attached hydrogen (secondary N) is 2. The minimum atomic E-state index is 0.124.